The van der Waals surface area contributed by atoms with E-state index in [-0.39, 0.29) is 11.6 Å². The average molecular weight is 221 g/mol. The fourth-order valence-electron chi connectivity index (χ4n) is 2.00. The quantitative estimate of drug-likeness (QED) is 0.781. The Balaban J connectivity index is 2.18. The summed E-state index contributed by atoms with van der Waals surface area (Å²) in [7, 11) is 0. The van der Waals surface area contributed by atoms with Gasteiger partial charge < -0.3 is 5.32 Å². The van der Waals surface area contributed by atoms with Crippen LogP contribution in [0.5, 0.6) is 0 Å². The van der Waals surface area contributed by atoms with E-state index in [1.807, 2.05) is 11.4 Å². The molecule has 1 fully saturated rings. The molecule has 4 nitrogen and oxygen atoms in total. The highest BCUT2D eigenvalue weighted by molar-refractivity contribution is 7.17. The van der Waals surface area contributed by atoms with E-state index in [4.69, 9.17) is 0 Å². The van der Waals surface area contributed by atoms with Gasteiger partial charge in [0.1, 0.15) is 4.70 Å². The van der Waals surface area contributed by atoms with Crippen LogP contribution in [0.3, 0.4) is 0 Å². The van der Waals surface area contributed by atoms with Crippen LogP contribution >= 0.6 is 11.3 Å². The second kappa shape index (κ2) is 3.43. The number of rotatable bonds is 1. The van der Waals surface area contributed by atoms with E-state index >= 15 is 0 Å². The Morgan fingerprint density at radius 2 is 2.53 bits per heavy atom. The van der Waals surface area contributed by atoms with E-state index in [9.17, 15) is 4.79 Å². The zero-order valence-electron chi connectivity index (χ0n) is 8.14. The molecular weight excluding hydrogens is 210 g/mol. The molecule has 0 aliphatic carbocycles. The molecule has 1 N–H and O–H groups in total. The molecule has 0 saturated carbocycles. The maximum absolute atomic E-state index is 12.1. The molecule has 15 heavy (non-hydrogen) atoms. The topological polar surface area (TPSA) is 46.9 Å². The Morgan fingerprint density at radius 1 is 1.60 bits per heavy atom. The largest absolute Gasteiger partial charge is 0.315 e. The second-order valence-electron chi connectivity index (χ2n) is 3.74. The summed E-state index contributed by atoms with van der Waals surface area (Å²) < 4.78 is 2.53. The fraction of sp³-hybridized carbons (Fsp3) is 0.400. The molecule has 2 aromatic rings. The van der Waals surface area contributed by atoms with Crippen molar-refractivity contribution in [1.82, 2.24) is 14.9 Å². The summed E-state index contributed by atoms with van der Waals surface area (Å²) in [6, 6.07) is 2.16. The highest BCUT2D eigenvalue weighted by atomic mass is 32.1. The Bertz CT molecular complexity index is 539. The monoisotopic (exact) mass is 221 g/mol. The summed E-state index contributed by atoms with van der Waals surface area (Å²) in [5, 5.41) is 5.17. The Kier molecular flexibility index (Phi) is 2.07. The summed E-state index contributed by atoms with van der Waals surface area (Å²) in [6.45, 7) is 1.86. The number of hydrogen-bond acceptors (Lipinski definition) is 4. The lowest BCUT2D eigenvalue weighted by Crippen LogP contribution is -2.25. The molecule has 3 heterocycles. The lowest BCUT2D eigenvalue weighted by Gasteiger charge is -2.11. The van der Waals surface area contributed by atoms with Gasteiger partial charge in [-0.15, -0.1) is 11.3 Å². The molecule has 1 atom stereocenters. The van der Waals surface area contributed by atoms with Gasteiger partial charge in [0.05, 0.1) is 17.9 Å². The van der Waals surface area contributed by atoms with Crippen LogP contribution in [-0.2, 0) is 0 Å². The van der Waals surface area contributed by atoms with E-state index in [2.05, 4.69) is 10.3 Å². The normalized spacial score (nSPS) is 21.2. The summed E-state index contributed by atoms with van der Waals surface area (Å²) in [6.07, 6.45) is 2.69. The minimum atomic E-state index is 0.101. The van der Waals surface area contributed by atoms with Crippen LogP contribution in [0, 0.1) is 0 Å². The third-order valence-corrected chi connectivity index (χ3v) is 3.71. The predicted molar refractivity (Wildman–Crippen MR) is 60.4 cm³/mol. The highest BCUT2D eigenvalue weighted by Crippen LogP contribution is 2.17. The third-order valence-electron chi connectivity index (χ3n) is 2.82. The number of nitrogens with zero attached hydrogens (tertiary/aromatic N) is 2. The molecular formula is C10H11N3OS. The molecule has 2 aromatic heterocycles. The van der Waals surface area contributed by atoms with Crippen molar-refractivity contribution in [1.29, 1.82) is 0 Å². The Morgan fingerprint density at radius 3 is 3.33 bits per heavy atom. The van der Waals surface area contributed by atoms with Gasteiger partial charge in [-0.25, -0.2) is 4.98 Å². The molecule has 1 aliphatic heterocycles. The molecule has 0 amide bonds. The first-order valence-electron chi connectivity index (χ1n) is 5.01. The maximum Gasteiger partial charge on any atom is 0.271 e. The standard InChI is InChI=1S/C10H11N3OS/c14-10-9-8(2-4-15-9)12-6-13(10)7-1-3-11-5-7/h2,4,6-7,11H,1,3,5H2/t7-/m0/s1. The van der Waals surface area contributed by atoms with Crippen molar-refractivity contribution < 1.29 is 0 Å². The first-order chi connectivity index (χ1) is 7.36. The number of nitrogens with one attached hydrogen (secondary N) is 1. The zero-order valence-corrected chi connectivity index (χ0v) is 8.96. The van der Waals surface area contributed by atoms with Crippen molar-refractivity contribution in [3.05, 3.63) is 28.1 Å². The van der Waals surface area contributed by atoms with Crippen molar-refractivity contribution in [3.8, 4) is 0 Å². The number of fused-ring (bicyclic) bond motifs is 1. The number of hydrogen-bond donors (Lipinski definition) is 1. The third kappa shape index (κ3) is 1.39. The zero-order chi connectivity index (χ0) is 10.3. The van der Waals surface area contributed by atoms with E-state index in [1.165, 1.54) is 11.3 Å². The summed E-state index contributed by atoms with van der Waals surface area (Å²) in [5.41, 5.74) is 0.913. The number of aromatic nitrogens is 2. The van der Waals surface area contributed by atoms with Gasteiger partial charge in [-0.2, -0.15) is 0 Å². The van der Waals surface area contributed by atoms with Gasteiger partial charge in [-0.05, 0) is 24.4 Å². The van der Waals surface area contributed by atoms with Gasteiger partial charge in [0.2, 0.25) is 0 Å². The van der Waals surface area contributed by atoms with Crippen molar-refractivity contribution in [3.63, 3.8) is 0 Å². The van der Waals surface area contributed by atoms with Crippen LogP contribution < -0.4 is 10.9 Å². The molecule has 1 saturated heterocycles. The van der Waals surface area contributed by atoms with E-state index in [0.29, 0.717) is 0 Å². The molecule has 0 unspecified atom stereocenters. The molecule has 0 bridgehead atoms. The van der Waals surface area contributed by atoms with Crippen LogP contribution in [0.2, 0.25) is 0 Å². The van der Waals surface area contributed by atoms with Crippen molar-refractivity contribution in [2.45, 2.75) is 12.5 Å². The highest BCUT2D eigenvalue weighted by Gasteiger charge is 2.18. The SMILES string of the molecule is O=c1c2sccc2ncn1[C@H]1CCNC1. The molecule has 78 valence electrons. The Hall–Kier alpha value is -1.20. The molecule has 0 spiro atoms. The van der Waals surface area contributed by atoms with E-state index in [1.54, 1.807) is 10.9 Å². The van der Waals surface area contributed by atoms with Crippen molar-refractivity contribution in [2.75, 3.05) is 13.1 Å². The molecule has 3 rings (SSSR count). The van der Waals surface area contributed by atoms with Crippen molar-refractivity contribution in [2.24, 2.45) is 0 Å². The van der Waals surface area contributed by atoms with Gasteiger partial charge in [0.25, 0.3) is 5.56 Å². The smallest absolute Gasteiger partial charge is 0.271 e. The second-order valence-corrected chi connectivity index (χ2v) is 4.65. The summed E-state index contributed by atoms with van der Waals surface area (Å²) in [4.78, 5) is 16.4. The van der Waals surface area contributed by atoms with E-state index < -0.39 is 0 Å². The first kappa shape index (κ1) is 9.06. The summed E-state index contributed by atoms with van der Waals surface area (Å²) >= 11 is 1.47. The predicted octanol–water partition coefficient (Wildman–Crippen LogP) is 0.992. The molecule has 1 aliphatic rings. The fourth-order valence-corrected chi connectivity index (χ4v) is 2.78. The van der Waals surface area contributed by atoms with Crippen LogP contribution in [-0.4, -0.2) is 22.6 Å². The lowest BCUT2D eigenvalue weighted by atomic mass is 10.2. The number of thiophene rings is 1. The maximum atomic E-state index is 12.1. The van der Waals surface area contributed by atoms with Gasteiger partial charge in [0, 0.05) is 6.54 Å². The van der Waals surface area contributed by atoms with Gasteiger partial charge in [-0.1, -0.05) is 0 Å². The van der Waals surface area contributed by atoms with E-state index in [0.717, 1.165) is 29.7 Å². The Labute approximate surface area is 90.6 Å². The van der Waals surface area contributed by atoms with Gasteiger partial charge in [0.15, 0.2) is 0 Å². The summed E-state index contributed by atoms with van der Waals surface area (Å²) in [5.74, 6) is 0. The molecule has 0 radical (unpaired) electrons. The first-order valence-corrected chi connectivity index (χ1v) is 5.89. The van der Waals surface area contributed by atoms with Crippen LogP contribution in [0.1, 0.15) is 12.5 Å². The molecule has 5 heteroatoms. The minimum Gasteiger partial charge on any atom is -0.315 e. The van der Waals surface area contributed by atoms with Crippen LogP contribution in [0.15, 0.2) is 22.6 Å². The molecule has 0 aromatic carbocycles. The lowest BCUT2D eigenvalue weighted by molar-refractivity contribution is 0.526. The van der Waals surface area contributed by atoms with Crippen LogP contribution in [0.25, 0.3) is 10.2 Å². The van der Waals surface area contributed by atoms with Crippen molar-refractivity contribution >= 4 is 21.6 Å². The average Bonchev–Trinajstić information content (AvgIpc) is 2.87. The van der Waals surface area contributed by atoms with Crippen LogP contribution in [0.4, 0.5) is 0 Å². The van der Waals surface area contributed by atoms with Gasteiger partial charge in [-0.3, -0.25) is 9.36 Å². The minimum absolute atomic E-state index is 0.101. The van der Waals surface area contributed by atoms with Gasteiger partial charge >= 0.3 is 0 Å².